The van der Waals surface area contributed by atoms with Crippen molar-refractivity contribution in [2.75, 3.05) is 12.0 Å². The van der Waals surface area contributed by atoms with Crippen molar-refractivity contribution in [3.63, 3.8) is 0 Å². The van der Waals surface area contributed by atoms with Gasteiger partial charge in [0.15, 0.2) is 0 Å². The molecule has 1 unspecified atom stereocenters. The van der Waals surface area contributed by atoms with E-state index in [9.17, 15) is 14.4 Å². The maximum atomic E-state index is 12.8. The summed E-state index contributed by atoms with van der Waals surface area (Å²) in [6.45, 7) is 1.94. The average Bonchev–Trinajstić information content (AvgIpc) is 2.89. The lowest BCUT2D eigenvalue weighted by atomic mass is 10.1. The van der Waals surface area contributed by atoms with Crippen molar-refractivity contribution in [1.29, 1.82) is 0 Å². The molecule has 0 fully saturated rings. The Kier molecular flexibility index (Phi) is 5.42. The highest BCUT2D eigenvalue weighted by Crippen LogP contribution is 2.27. The van der Waals surface area contributed by atoms with Crippen molar-refractivity contribution in [2.45, 2.75) is 19.4 Å². The van der Waals surface area contributed by atoms with Gasteiger partial charge in [0.1, 0.15) is 11.8 Å². The van der Waals surface area contributed by atoms with E-state index in [0.717, 1.165) is 10.5 Å². The van der Waals surface area contributed by atoms with Gasteiger partial charge in [0.05, 0.1) is 11.1 Å². The first-order valence-electron chi connectivity index (χ1n) is 8.27. The number of carbonyl (C=O) groups is 3. The van der Waals surface area contributed by atoms with Crippen molar-refractivity contribution in [2.24, 2.45) is 0 Å². The van der Waals surface area contributed by atoms with Crippen molar-refractivity contribution in [3.8, 4) is 5.75 Å². The number of thioether (sulfide) groups is 1. The summed E-state index contributed by atoms with van der Waals surface area (Å²) in [5.74, 6) is -0.472. The van der Waals surface area contributed by atoms with E-state index >= 15 is 0 Å². The van der Waals surface area contributed by atoms with E-state index in [2.05, 4.69) is 0 Å². The van der Waals surface area contributed by atoms with Gasteiger partial charge in [0, 0.05) is 0 Å². The van der Waals surface area contributed by atoms with Crippen LogP contribution in [0.3, 0.4) is 0 Å². The smallest absolute Gasteiger partial charge is 0.334 e. The predicted molar refractivity (Wildman–Crippen MR) is 101 cm³/mol. The van der Waals surface area contributed by atoms with Gasteiger partial charge < -0.3 is 4.74 Å². The number of esters is 1. The Morgan fingerprint density at radius 2 is 1.62 bits per heavy atom. The number of carbonyl (C=O) groups excluding carboxylic acids is 3. The SMILES string of the molecule is CSCCC(C(=O)Oc1ccc(C)cc1)N1C(=O)c2ccccc2C1=O. The van der Waals surface area contributed by atoms with E-state index in [4.69, 9.17) is 4.74 Å². The molecule has 0 N–H and O–H groups in total. The molecule has 0 aromatic heterocycles. The van der Waals surface area contributed by atoms with E-state index in [-0.39, 0.29) is 0 Å². The maximum Gasteiger partial charge on any atom is 0.334 e. The number of nitrogens with zero attached hydrogens (tertiary/aromatic N) is 1. The predicted octanol–water partition coefficient (Wildman–Crippen LogP) is 3.32. The van der Waals surface area contributed by atoms with Crippen molar-refractivity contribution in [1.82, 2.24) is 4.90 Å². The van der Waals surface area contributed by atoms with Crippen LogP contribution in [-0.2, 0) is 4.79 Å². The van der Waals surface area contributed by atoms with Crippen molar-refractivity contribution < 1.29 is 19.1 Å². The second kappa shape index (κ2) is 7.74. The second-order valence-corrected chi connectivity index (χ2v) is 7.04. The van der Waals surface area contributed by atoms with Crippen LogP contribution in [0.1, 0.15) is 32.7 Å². The van der Waals surface area contributed by atoms with Gasteiger partial charge in [0.25, 0.3) is 11.8 Å². The first-order chi connectivity index (χ1) is 12.5. The minimum atomic E-state index is -0.948. The zero-order valence-corrected chi connectivity index (χ0v) is 15.4. The van der Waals surface area contributed by atoms with Crippen LogP contribution in [0.2, 0.25) is 0 Å². The first-order valence-corrected chi connectivity index (χ1v) is 9.66. The van der Waals surface area contributed by atoms with Crippen molar-refractivity contribution >= 4 is 29.5 Å². The number of hydrogen-bond donors (Lipinski definition) is 0. The molecule has 0 saturated heterocycles. The van der Waals surface area contributed by atoms with Gasteiger partial charge in [-0.15, -0.1) is 0 Å². The second-order valence-electron chi connectivity index (χ2n) is 6.06. The van der Waals surface area contributed by atoms with Gasteiger partial charge in [0.2, 0.25) is 0 Å². The fourth-order valence-electron chi connectivity index (χ4n) is 2.86. The molecule has 0 radical (unpaired) electrons. The van der Waals surface area contributed by atoms with E-state index in [1.165, 1.54) is 0 Å². The molecule has 0 spiro atoms. The molecule has 0 aliphatic carbocycles. The van der Waals surface area contributed by atoms with Gasteiger partial charge in [-0.25, -0.2) is 4.79 Å². The van der Waals surface area contributed by atoms with Gasteiger partial charge in [-0.3, -0.25) is 14.5 Å². The molecule has 26 heavy (non-hydrogen) atoms. The van der Waals surface area contributed by atoms with Crippen molar-refractivity contribution in [3.05, 3.63) is 65.2 Å². The fraction of sp³-hybridized carbons (Fsp3) is 0.250. The highest BCUT2D eigenvalue weighted by molar-refractivity contribution is 7.98. The Bertz CT molecular complexity index is 812. The van der Waals surface area contributed by atoms with Gasteiger partial charge in [-0.05, 0) is 49.6 Å². The monoisotopic (exact) mass is 369 g/mol. The Morgan fingerprint density at radius 1 is 1.04 bits per heavy atom. The molecule has 1 aliphatic heterocycles. The molecule has 1 atom stereocenters. The summed E-state index contributed by atoms with van der Waals surface area (Å²) in [4.78, 5) is 39.2. The minimum Gasteiger partial charge on any atom is -0.425 e. The number of ether oxygens (including phenoxy) is 1. The van der Waals surface area contributed by atoms with Gasteiger partial charge in [-0.1, -0.05) is 29.8 Å². The third-order valence-electron chi connectivity index (χ3n) is 4.24. The lowest BCUT2D eigenvalue weighted by molar-refractivity contribution is -0.138. The molecule has 5 nitrogen and oxygen atoms in total. The van der Waals surface area contributed by atoms with Crippen LogP contribution >= 0.6 is 11.8 Å². The molecular formula is C20H19NO4S. The Balaban J connectivity index is 1.86. The molecule has 0 saturated carbocycles. The lowest BCUT2D eigenvalue weighted by Gasteiger charge is -2.24. The summed E-state index contributed by atoms with van der Waals surface area (Å²) in [7, 11) is 0. The highest BCUT2D eigenvalue weighted by atomic mass is 32.2. The number of benzene rings is 2. The molecule has 1 aliphatic rings. The van der Waals surface area contributed by atoms with Crippen LogP contribution < -0.4 is 4.74 Å². The van der Waals surface area contributed by atoms with Crippen LogP contribution in [0.25, 0.3) is 0 Å². The fourth-order valence-corrected chi connectivity index (χ4v) is 3.32. The van der Waals surface area contributed by atoms with Crippen LogP contribution in [-0.4, -0.2) is 40.7 Å². The van der Waals surface area contributed by atoms with Crippen LogP contribution in [0.15, 0.2) is 48.5 Å². The van der Waals surface area contributed by atoms with Gasteiger partial charge >= 0.3 is 5.97 Å². The highest BCUT2D eigenvalue weighted by Gasteiger charge is 2.43. The minimum absolute atomic E-state index is 0.329. The van der Waals surface area contributed by atoms with E-state index in [1.54, 1.807) is 48.2 Å². The van der Waals surface area contributed by atoms with Crippen LogP contribution in [0.4, 0.5) is 0 Å². The molecular weight excluding hydrogens is 350 g/mol. The Morgan fingerprint density at radius 3 is 2.15 bits per heavy atom. The molecule has 6 heteroatoms. The maximum absolute atomic E-state index is 12.8. The number of imide groups is 1. The third-order valence-corrected chi connectivity index (χ3v) is 4.89. The quantitative estimate of drug-likeness (QED) is 0.444. The molecule has 134 valence electrons. The number of rotatable bonds is 6. The Hall–Kier alpha value is -2.60. The summed E-state index contributed by atoms with van der Waals surface area (Å²) in [6.07, 6.45) is 2.25. The molecule has 2 amide bonds. The number of fused-ring (bicyclic) bond motifs is 1. The molecule has 3 rings (SSSR count). The third kappa shape index (κ3) is 3.51. The summed E-state index contributed by atoms with van der Waals surface area (Å²) in [5, 5.41) is 0. The zero-order chi connectivity index (χ0) is 18.7. The standard InChI is InChI=1S/C20H19NO4S/c1-13-7-9-14(10-8-13)25-20(24)17(11-12-26-2)21-18(22)15-5-3-4-6-16(15)19(21)23/h3-10,17H,11-12H2,1-2H3. The molecule has 1 heterocycles. The summed E-state index contributed by atoms with van der Waals surface area (Å²) < 4.78 is 5.44. The molecule has 0 bridgehead atoms. The summed E-state index contributed by atoms with van der Waals surface area (Å²) in [5.41, 5.74) is 1.70. The average molecular weight is 369 g/mol. The number of hydrogen-bond acceptors (Lipinski definition) is 5. The van der Waals surface area contributed by atoms with Crippen LogP contribution in [0.5, 0.6) is 5.75 Å². The summed E-state index contributed by atoms with van der Waals surface area (Å²) in [6, 6.07) is 12.7. The number of amides is 2. The van der Waals surface area contributed by atoms with Gasteiger partial charge in [-0.2, -0.15) is 11.8 Å². The Labute approximate surface area is 156 Å². The first kappa shape index (κ1) is 18.2. The largest absolute Gasteiger partial charge is 0.425 e. The molecule has 2 aromatic rings. The normalized spacial score (nSPS) is 14.3. The van der Waals surface area contributed by atoms with Crippen LogP contribution in [0, 0.1) is 6.92 Å². The van der Waals surface area contributed by atoms with E-state index < -0.39 is 23.8 Å². The zero-order valence-electron chi connectivity index (χ0n) is 14.6. The lowest BCUT2D eigenvalue weighted by Crippen LogP contribution is -2.47. The topological polar surface area (TPSA) is 63.7 Å². The van der Waals surface area contributed by atoms with E-state index in [1.807, 2.05) is 25.3 Å². The molecule has 2 aromatic carbocycles. The van der Waals surface area contributed by atoms with E-state index in [0.29, 0.717) is 29.1 Å². The summed E-state index contributed by atoms with van der Waals surface area (Å²) >= 11 is 1.54. The number of aryl methyl sites for hydroxylation is 1.